The lowest BCUT2D eigenvalue weighted by Crippen LogP contribution is -2.18. The van der Waals surface area contributed by atoms with Gasteiger partial charge in [-0.15, -0.1) is 11.3 Å². The van der Waals surface area contributed by atoms with Crippen LogP contribution in [0.15, 0.2) is 22.6 Å². The number of rotatable bonds is 5. The van der Waals surface area contributed by atoms with Gasteiger partial charge in [-0.3, -0.25) is 4.79 Å². The molecule has 0 saturated heterocycles. The quantitative estimate of drug-likeness (QED) is 0.579. The number of esters is 1. The van der Waals surface area contributed by atoms with E-state index >= 15 is 0 Å². The van der Waals surface area contributed by atoms with E-state index in [0.717, 1.165) is 30.6 Å². The Labute approximate surface area is 163 Å². The van der Waals surface area contributed by atoms with E-state index in [2.05, 4.69) is 12.2 Å². The molecular formula is C21H25NO4S. The summed E-state index contributed by atoms with van der Waals surface area (Å²) >= 11 is 1.49. The molecule has 2 heterocycles. The SMILES string of the molecule is Cc1ccc(/C=C/C(=O)Nc2sc3c(c2C(=O)OC(C)C)CCC(C)C3)o1. The maximum atomic E-state index is 12.7. The minimum absolute atomic E-state index is 0.207. The molecular weight excluding hydrogens is 362 g/mol. The maximum Gasteiger partial charge on any atom is 0.341 e. The molecule has 0 aromatic carbocycles. The number of carbonyl (C=O) groups is 2. The summed E-state index contributed by atoms with van der Waals surface area (Å²) in [6, 6.07) is 3.64. The van der Waals surface area contributed by atoms with Crippen molar-refractivity contribution in [1.82, 2.24) is 0 Å². The van der Waals surface area contributed by atoms with Crippen molar-refractivity contribution < 1.29 is 18.7 Å². The summed E-state index contributed by atoms with van der Waals surface area (Å²) in [4.78, 5) is 26.2. The fourth-order valence-corrected chi connectivity index (χ4v) is 4.58. The molecule has 1 atom stereocenters. The van der Waals surface area contributed by atoms with Crippen LogP contribution in [0, 0.1) is 12.8 Å². The molecule has 1 aliphatic rings. The first kappa shape index (κ1) is 19.4. The second-order valence-corrected chi connectivity index (χ2v) is 8.39. The van der Waals surface area contributed by atoms with Gasteiger partial charge in [-0.1, -0.05) is 6.92 Å². The van der Waals surface area contributed by atoms with Gasteiger partial charge in [-0.2, -0.15) is 0 Å². The van der Waals surface area contributed by atoms with Crippen LogP contribution in [0.5, 0.6) is 0 Å². The largest absolute Gasteiger partial charge is 0.462 e. The average molecular weight is 388 g/mol. The van der Waals surface area contributed by atoms with Gasteiger partial charge >= 0.3 is 5.97 Å². The normalized spacial score (nSPS) is 16.6. The summed E-state index contributed by atoms with van der Waals surface area (Å²) in [5.41, 5.74) is 1.55. The molecule has 1 amide bonds. The molecule has 0 radical (unpaired) electrons. The van der Waals surface area contributed by atoms with Gasteiger partial charge in [0.25, 0.3) is 0 Å². The van der Waals surface area contributed by atoms with Gasteiger partial charge in [0.1, 0.15) is 16.5 Å². The van der Waals surface area contributed by atoms with Crippen molar-refractivity contribution in [2.75, 3.05) is 5.32 Å². The van der Waals surface area contributed by atoms with Crippen molar-refractivity contribution in [3.05, 3.63) is 45.7 Å². The fraction of sp³-hybridized carbons (Fsp3) is 0.429. The van der Waals surface area contributed by atoms with Crippen LogP contribution in [0.25, 0.3) is 6.08 Å². The van der Waals surface area contributed by atoms with Gasteiger partial charge in [0.15, 0.2) is 0 Å². The Morgan fingerprint density at radius 1 is 1.37 bits per heavy atom. The molecule has 1 aliphatic carbocycles. The molecule has 144 valence electrons. The Morgan fingerprint density at radius 2 is 2.15 bits per heavy atom. The van der Waals surface area contributed by atoms with Gasteiger partial charge in [0.05, 0.1) is 11.7 Å². The Kier molecular flexibility index (Phi) is 5.85. The number of hydrogen-bond acceptors (Lipinski definition) is 5. The molecule has 6 heteroatoms. The molecule has 0 bridgehead atoms. The number of anilines is 1. The molecule has 3 rings (SSSR count). The van der Waals surface area contributed by atoms with Crippen LogP contribution in [0.2, 0.25) is 0 Å². The lowest BCUT2D eigenvalue weighted by atomic mass is 9.88. The van der Waals surface area contributed by atoms with Crippen molar-refractivity contribution in [3.8, 4) is 0 Å². The first-order valence-electron chi connectivity index (χ1n) is 9.24. The van der Waals surface area contributed by atoms with Crippen LogP contribution in [-0.2, 0) is 22.4 Å². The van der Waals surface area contributed by atoms with Crippen molar-refractivity contribution in [2.45, 2.75) is 53.1 Å². The van der Waals surface area contributed by atoms with Crippen LogP contribution in [0.4, 0.5) is 5.00 Å². The Balaban J connectivity index is 1.84. The number of thiophene rings is 1. The van der Waals surface area contributed by atoms with Gasteiger partial charge in [0, 0.05) is 11.0 Å². The Bertz CT molecular complexity index is 875. The second kappa shape index (κ2) is 8.13. The van der Waals surface area contributed by atoms with Crippen LogP contribution in [-0.4, -0.2) is 18.0 Å². The third kappa shape index (κ3) is 4.69. The Hall–Kier alpha value is -2.34. The van der Waals surface area contributed by atoms with E-state index in [9.17, 15) is 9.59 Å². The number of fused-ring (bicyclic) bond motifs is 1. The van der Waals surface area contributed by atoms with Crippen LogP contribution >= 0.6 is 11.3 Å². The third-order valence-corrected chi connectivity index (χ3v) is 5.63. The van der Waals surface area contributed by atoms with Crippen molar-refractivity contribution in [3.63, 3.8) is 0 Å². The summed E-state index contributed by atoms with van der Waals surface area (Å²) < 4.78 is 10.9. The number of hydrogen-bond donors (Lipinski definition) is 1. The monoisotopic (exact) mass is 387 g/mol. The lowest BCUT2D eigenvalue weighted by Gasteiger charge is -2.18. The zero-order valence-corrected chi connectivity index (χ0v) is 16.9. The van der Waals surface area contributed by atoms with E-state index < -0.39 is 0 Å². The summed E-state index contributed by atoms with van der Waals surface area (Å²) in [7, 11) is 0. The molecule has 27 heavy (non-hydrogen) atoms. The molecule has 0 fully saturated rings. The average Bonchev–Trinajstić information content (AvgIpc) is 3.14. The van der Waals surface area contributed by atoms with E-state index in [1.807, 2.05) is 26.8 Å². The maximum absolute atomic E-state index is 12.7. The molecule has 2 aromatic heterocycles. The minimum Gasteiger partial charge on any atom is -0.462 e. The van der Waals surface area contributed by atoms with Crippen LogP contribution in [0.3, 0.4) is 0 Å². The highest BCUT2D eigenvalue weighted by Gasteiger charge is 2.29. The van der Waals surface area contributed by atoms with Gasteiger partial charge in [-0.05, 0) is 69.7 Å². The fourth-order valence-electron chi connectivity index (χ4n) is 3.18. The summed E-state index contributed by atoms with van der Waals surface area (Å²) in [5, 5.41) is 3.44. The first-order valence-corrected chi connectivity index (χ1v) is 10.1. The standard InChI is InChI=1S/C21H25NO4S/c1-12(2)25-21(24)19-16-9-5-13(3)11-17(16)27-20(19)22-18(23)10-8-15-7-6-14(4)26-15/h6-8,10,12-13H,5,9,11H2,1-4H3,(H,22,23)/b10-8+. The van der Waals surface area contributed by atoms with E-state index in [0.29, 0.717) is 22.2 Å². The molecule has 5 nitrogen and oxygen atoms in total. The highest BCUT2D eigenvalue weighted by atomic mass is 32.1. The molecule has 0 saturated carbocycles. The predicted molar refractivity (Wildman–Crippen MR) is 107 cm³/mol. The van der Waals surface area contributed by atoms with Gasteiger partial charge < -0.3 is 14.5 Å². The number of furan rings is 1. The summed E-state index contributed by atoms with van der Waals surface area (Å²) in [5.74, 6) is 1.32. The highest BCUT2D eigenvalue weighted by molar-refractivity contribution is 7.17. The second-order valence-electron chi connectivity index (χ2n) is 7.28. The first-order chi connectivity index (χ1) is 12.8. The zero-order chi connectivity index (χ0) is 19.6. The number of nitrogens with one attached hydrogen (secondary N) is 1. The Morgan fingerprint density at radius 3 is 2.81 bits per heavy atom. The summed E-state index contributed by atoms with van der Waals surface area (Å²) in [6.07, 6.45) is 5.63. The predicted octanol–water partition coefficient (Wildman–Crippen LogP) is 4.99. The zero-order valence-electron chi connectivity index (χ0n) is 16.1. The van der Waals surface area contributed by atoms with E-state index in [1.165, 1.54) is 22.3 Å². The van der Waals surface area contributed by atoms with Crippen molar-refractivity contribution in [2.24, 2.45) is 5.92 Å². The van der Waals surface area contributed by atoms with Crippen molar-refractivity contribution >= 4 is 34.3 Å². The molecule has 0 aliphatic heterocycles. The highest BCUT2D eigenvalue weighted by Crippen LogP contribution is 2.40. The number of carbonyl (C=O) groups excluding carboxylic acids is 2. The number of amides is 1. The molecule has 1 unspecified atom stereocenters. The van der Waals surface area contributed by atoms with E-state index in [4.69, 9.17) is 9.15 Å². The molecule has 2 aromatic rings. The third-order valence-electron chi connectivity index (χ3n) is 4.46. The van der Waals surface area contributed by atoms with Gasteiger partial charge in [-0.25, -0.2) is 4.79 Å². The van der Waals surface area contributed by atoms with Crippen molar-refractivity contribution in [1.29, 1.82) is 0 Å². The lowest BCUT2D eigenvalue weighted by molar-refractivity contribution is -0.111. The minimum atomic E-state index is -0.363. The van der Waals surface area contributed by atoms with Crippen LogP contribution in [0.1, 0.15) is 59.5 Å². The number of aryl methyl sites for hydroxylation is 1. The smallest absolute Gasteiger partial charge is 0.341 e. The van der Waals surface area contributed by atoms with Gasteiger partial charge in [0.2, 0.25) is 5.91 Å². The topological polar surface area (TPSA) is 68.5 Å². The molecule has 1 N–H and O–H groups in total. The van der Waals surface area contributed by atoms with Crippen LogP contribution < -0.4 is 5.32 Å². The summed E-state index contributed by atoms with van der Waals surface area (Å²) in [6.45, 7) is 7.71. The van der Waals surface area contributed by atoms with E-state index in [1.54, 1.807) is 12.1 Å². The number of ether oxygens (including phenoxy) is 1. The molecule has 0 spiro atoms. The van der Waals surface area contributed by atoms with E-state index in [-0.39, 0.29) is 18.0 Å².